The van der Waals surface area contributed by atoms with Gasteiger partial charge in [-0.15, -0.1) is 11.3 Å². The molecule has 4 nitrogen and oxygen atoms in total. The number of rotatable bonds is 6. The quantitative estimate of drug-likeness (QED) is 0.792. The molecule has 0 aromatic carbocycles. The lowest BCUT2D eigenvalue weighted by atomic mass is 9.81. The van der Waals surface area contributed by atoms with Crippen LogP contribution in [0.1, 0.15) is 42.9 Å². The smallest absolute Gasteiger partial charge is 0.328 e. The Balaban J connectivity index is 2.63. The molecule has 1 heterocycles. The molecule has 0 unspecified atom stereocenters. The highest BCUT2D eigenvalue weighted by atomic mass is 32.1. The number of thiophene rings is 1. The molecule has 2 N–H and O–H groups in total. The molecule has 20 heavy (non-hydrogen) atoms. The number of carbonyl (C=O) groups excluding carboxylic acids is 1. The lowest BCUT2D eigenvalue weighted by Gasteiger charge is -2.29. The van der Waals surface area contributed by atoms with Crippen molar-refractivity contribution >= 4 is 29.3 Å². The van der Waals surface area contributed by atoms with Gasteiger partial charge >= 0.3 is 5.97 Å². The summed E-state index contributed by atoms with van der Waals surface area (Å²) in [5.41, 5.74) is 0.608. The maximum Gasteiger partial charge on any atom is 0.328 e. The van der Waals surface area contributed by atoms with Crippen molar-refractivity contribution in [3.8, 4) is 0 Å². The molecule has 0 aliphatic carbocycles. The summed E-state index contributed by atoms with van der Waals surface area (Å²) in [5.74, 6) is -0.646. The fourth-order valence-electron chi connectivity index (χ4n) is 1.33. The van der Waals surface area contributed by atoms with Crippen molar-refractivity contribution in [1.82, 2.24) is 5.32 Å². The van der Waals surface area contributed by atoms with Gasteiger partial charge in [0.25, 0.3) is 5.91 Å². The summed E-state index contributed by atoms with van der Waals surface area (Å²) < 4.78 is 0. The summed E-state index contributed by atoms with van der Waals surface area (Å²) in [4.78, 5) is 23.2. The van der Waals surface area contributed by atoms with E-state index >= 15 is 0 Å². The Morgan fingerprint density at radius 3 is 2.65 bits per heavy atom. The van der Waals surface area contributed by atoms with Gasteiger partial charge in [-0.05, 0) is 23.5 Å². The standard InChI is InChI=1S/C15H21NO3S/c1-10(2)15(3,4)9-16-14(19)11-7-12(20-8-11)5-6-13(17)18/h5-8,10H,9H2,1-4H3,(H,16,19)(H,17,18)/b6-5+. The first kappa shape index (κ1) is 16.4. The Bertz CT molecular complexity index is 515. The predicted molar refractivity (Wildman–Crippen MR) is 81.9 cm³/mol. The van der Waals surface area contributed by atoms with E-state index in [9.17, 15) is 9.59 Å². The molecule has 1 aromatic rings. The Morgan fingerprint density at radius 2 is 2.10 bits per heavy atom. The van der Waals surface area contributed by atoms with Gasteiger partial charge in [-0.2, -0.15) is 0 Å². The van der Waals surface area contributed by atoms with Gasteiger partial charge < -0.3 is 10.4 Å². The summed E-state index contributed by atoms with van der Waals surface area (Å²) in [5, 5.41) is 13.2. The summed E-state index contributed by atoms with van der Waals surface area (Å²) in [6.45, 7) is 9.11. The van der Waals surface area contributed by atoms with Crippen LogP contribution in [0.4, 0.5) is 0 Å². The summed E-state index contributed by atoms with van der Waals surface area (Å²) in [6.07, 6.45) is 2.55. The van der Waals surface area contributed by atoms with Gasteiger partial charge in [-0.3, -0.25) is 4.79 Å². The molecule has 0 fully saturated rings. The Kier molecular flexibility index (Phi) is 5.51. The van der Waals surface area contributed by atoms with E-state index < -0.39 is 5.97 Å². The molecule has 5 heteroatoms. The normalized spacial score (nSPS) is 12.1. The van der Waals surface area contributed by atoms with E-state index in [0.717, 1.165) is 11.0 Å². The van der Waals surface area contributed by atoms with Crippen molar-refractivity contribution in [2.45, 2.75) is 27.7 Å². The topological polar surface area (TPSA) is 66.4 Å². The summed E-state index contributed by atoms with van der Waals surface area (Å²) >= 11 is 1.35. The lowest BCUT2D eigenvalue weighted by molar-refractivity contribution is -0.131. The molecule has 0 saturated heterocycles. The maximum absolute atomic E-state index is 12.0. The molecular weight excluding hydrogens is 274 g/mol. The zero-order valence-corrected chi connectivity index (χ0v) is 13.1. The van der Waals surface area contributed by atoms with Gasteiger partial charge in [0.2, 0.25) is 0 Å². The Labute approximate surface area is 123 Å². The molecule has 1 amide bonds. The van der Waals surface area contributed by atoms with Crippen LogP contribution in [0.5, 0.6) is 0 Å². The molecule has 0 aliphatic heterocycles. The first-order valence-corrected chi connectivity index (χ1v) is 7.38. The molecule has 110 valence electrons. The highest BCUT2D eigenvalue weighted by Crippen LogP contribution is 2.25. The Hall–Kier alpha value is -1.62. The molecule has 0 saturated carbocycles. The molecule has 0 radical (unpaired) electrons. The van der Waals surface area contributed by atoms with Crippen LogP contribution in [-0.2, 0) is 4.79 Å². The number of nitrogens with one attached hydrogen (secondary N) is 1. The molecular formula is C15H21NO3S. The van der Waals surface area contributed by atoms with Crippen LogP contribution in [0.3, 0.4) is 0 Å². The number of hydrogen-bond donors (Lipinski definition) is 2. The van der Waals surface area contributed by atoms with E-state index in [2.05, 4.69) is 33.0 Å². The number of amides is 1. The molecule has 0 aliphatic rings. The first-order chi connectivity index (χ1) is 9.22. The number of carbonyl (C=O) groups is 2. The van der Waals surface area contributed by atoms with Gasteiger partial charge in [0.15, 0.2) is 0 Å². The van der Waals surface area contributed by atoms with E-state index in [1.807, 2.05) is 0 Å². The van der Waals surface area contributed by atoms with Crippen molar-refractivity contribution in [3.05, 3.63) is 28.0 Å². The van der Waals surface area contributed by atoms with Gasteiger partial charge in [0.05, 0.1) is 5.56 Å². The minimum atomic E-state index is -0.997. The largest absolute Gasteiger partial charge is 0.478 e. The zero-order valence-electron chi connectivity index (χ0n) is 12.3. The van der Waals surface area contributed by atoms with Crippen LogP contribution in [0, 0.1) is 11.3 Å². The average molecular weight is 295 g/mol. The van der Waals surface area contributed by atoms with E-state index in [-0.39, 0.29) is 11.3 Å². The fraction of sp³-hybridized carbons (Fsp3) is 0.467. The van der Waals surface area contributed by atoms with Crippen LogP contribution in [0.2, 0.25) is 0 Å². The number of aliphatic carboxylic acids is 1. The third-order valence-electron chi connectivity index (χ3n) is 3.54. The van der Waals surface area contributed by atoms with Crippen molar-refractivity contribution in [2.75, 3.05) is 6.54 Å². The van der Waals surface area contributed by atoms with Crippen LogP contribution in [0.25, 0.3) is 6.08 Å². The second-order valence-corrected chi connectivity index (χ2v) is 6.68. The van der Waals surface area contributed by atoms with Crippen LogP contribution in [-0.4, -0.2) is 23.5 Å². The molecule has 0 spiro atoms. The van der Waals surface area contributed by atoms with E-state index in [0.29, 0.717) is 18.0 Å². The summed E-state index contributed by atoms with van der Waals surface area (Å²) in [7, 11) is 0. The Morgan fingerprint density at radius 1 is 1.45 bits per heavy atom. The molecule has 1 rings (SSSR count). The third-order valence-corrected chi connectivity index (χ3v) is 4.44. The molecule has 0 bridgehead atoms. The fourth-order valence-corrected chi connectivity index (χ4v) is 2.11. The predicted octanol–water partition coefficient (Wildman–Crippen LogP) is 3.26. The zero-order chi connectivity index (χ0) is 15.3. The lowest BCUT2D eigenvalue weighted by Crippen LogP contribution is -2.36. The number of carboxylic acid groups (broad SMARTS) is 1. The number of hydrogen-bond acceptors (Lipinski definition) is 3. The number of carboxylic acids is 1. The van der Waals surface area contributed by atoms with Crippen molar-refractivity contribution in [2.24, 2.45) is 11.3 Å². The second kappa shape index (κ2) is 6.70. The van der Waals surface area contributed by atoms with Crippen LogP contribution in [0.15, 0.2) is 17.5 Å². The van der Waals surface area contributed by atoms with Gasteiger partial charge in [-0.1, -0.05) is 27.7 Å². The second-order valence-electron chi connectivity index (χ2n) is 5.74. The SMILES string of the molecule is CC(C)C(C)(C)CNC(=O)c1csc(/C=C/C(=O)O)c1. The van der Waals surface area contributed by atoms with Gasteiger partial charge in [0, 0.05) is 22.9 Å². The van der Waals surface area contributed by atoms with Gasteiger partial charge in [0.1, 0.15) is 0 Å². The highest BCUT2D eigenvalue weighted by Gasteiger charge is 2.23. The van der Waals surface area contributed by atoms with E-state index in [1.54, 1.807) is 11.4 Å². The highest BCUT2D eigenvalue weighted by molar-refractivity contribution is 7.11. The summed E-state index contributed by atoms with van der Waals surface area (Å²) in [6, 6.07) is 1.70. The average Bonchev–Trinajstić information content (AvgIpc) is 2.82. The van der Waals surface area contributed by atoms with Crippen molar-refractivity contribution in [1.29, 1.82) is 0 Å². The van der Waals surface area contributed by atoms with Crippen molar-refractivity contribution in [3.63, 3.8) is 0 Å². The van der Waals surface area contributed by atoms with Gasteiger partial charge in [-0.25, -0.2) is 4.79 Å². The minimum Gasteiger partial charge on any atom is -0.478 e. The van der Waals surface area contributed by atoms with E-state index in [4.69, 9.17) is 5.11 Å². The molecule has 0 atom stereocenters. The minimum absolute atomic E-state index is 0.0394. The van der Waals surface area contributed by atoms with Crippen LogP contribution < -0.4 is 5.32 Å². The van der Waals surface area contributed by atoms with Crippen molar-refractivity contribution < 1.29 is 14.7 Å². The maximum atomic E-state index is 12.0. The molecule has 1 aromatic heterocycles. The van der Waals surface area contributed by atoms with Crippen LogP contribution >= 0.6 is 11.3 Å². The first-order valence-electron chi connectivity index (χ1n) is 6.50. The third kappa shape index (κ3) is 4.81. The van der Waals surface area contributed by atoms with E-state index in [1.165, 1.54) is 17.4 Å². The monoisotopic (exact) mass is 295 g/mol.